The van der Waals surface area contributed by atoms with Crippen LogP contribution in [0, 0.1) is 0 Å². The summed E-state index contributed by atoms with van der Waals surface area (Å²) in [4.78, 5) is 23.3. The molecule has 0 saturated carbocycles. The predicted octanol–water partition coefficient (Wildman–Crippen LogP) is 2.09. The van der Waals surface area contributed by atoms with Crippen LogP contribution in [0.15, 0.2) is 42.7 Å². The zero-order chi connectivity index (χ0) is 15.1. The van der Waals surface area contributed by atoms with Crippen molar-refractivity contribution in [1.82, 2.24) is 9.78 Å². The summed E-state index contributed by atoms with van der Waals surface area (Å²) in [7, 11) is 0. The number of hydrogen-bond acceptors (Lipinski definition) is 4. The molecule has 1 aromatic carbocycles. The predicted molar refractivity (Wildman–Crippen MR) is 77.9 cm³/mol. The summed E-state index contributed by atoms with van der Waals surface area (Å²) in [6.07, 6.45) is 3.81. The number of nitrogens with one attached hydrogen (secondary N) is 1. The van der Waals surface area contributed by atoms with Gasteiger partial charge in [0.2, 0.25) is 5.91 Å². The summed E-state index contributed by atoms with van der Waals surface area (Å²) in [6, 6.07) is 8.42. The molecule has 1 N–H and O–H groups in total. The Morgan fingerprint density at radius 3 is 2.67 bits per heavy atom. The van der Waals surface area contributed by atoms with Gasteiger partial charge in [-0.2, -0.15) is 5.10 Å². The summed E-state index contributed by atoms with van der Waals surface area (Å²) in [5.41, 5.74) is 1.11. The molecule has 0 aliphatic carbocycles. The van der Waals surface area contributed by atoms with E-state index in [1.807, 2.05) is 6.07 Å². The maximum Gasteiger partial charge on any atom is 0.338 e. The van der Waals surface area contributed by atoms with E-state index in [0.717, 1.165) is 0 Å². The first-order valence-electron chi connectivity index (χ1n) is 6.73. The fraction of sp³-hybridized carbons (Fsp3) is 0.267. The molecule has 2 aromatic rings. The van der Waals surface area contributed by atoms with Gasteiger partial charge in [-0.25, -0.2) is 4.79 Å². The van der Waals surface area contributed by atoms with Crippen LogP contribution in [0.1, 0.15) is 23.7 Å². The van der Waals surface area contributed by atoms with Crippen LogP contribution in [0.2, 0.25) is 0 Å². The Morgan fingerprint density at radius 1 is 1.29 bits per heavy atom. The topological polar surface area (TPSA) is 73.2 Å². The van der Waals surface area contributed by atoms with E-state index in [9.17, 15) is 9.59 Å². The average molecular weight is 287 g/mol. The number of esters is 1. The first kappa shape index (κ1) is 14.8. The van der Waals surface area contributed by atoms with Crippen LogP contribution in [-0.2, 0) is 16.1 Å². The van der Waals surface area contributed by atoms with E-state index in [2.05, 4.69) is 10.4 Å². The van der Waals surface area contributed by atoms with Gasteiger partial charge in [0.25, 0.3) is 0 Å². The number of aromatic nitrogens is 2. The van der Waals surface area contributed by atoms with Gasteiger partial charge >= 0.3 is 5.97 Å². The number of amides is 1. The molecule has 6 heteroatoms. The summed E-state index contributed by atoms with van der Waals surface area (Å²) >= 11 is 0. The minimum atomic E-state index is -0.367. The van der Waals surface area contributed by atoms with Crippen molar-refractivity contribution in [3.05, 3.63) is 48.3 Å². The van der Waals surface area contributed by atoms with E-state index in [1.54, 1.807) is 48.3 Å². The van der Waals surface area contributed by atoms with Crippen LogP contribution in [0.25, 0.3) is 0 Å². The highest BCUT2D eigenvalue weighted by Crippen LogP contribution is 2.11. The monoisotopic (exact) mass is 287 g/mol. The van der Waals surface area contributed by atoms with Crippen molar-refractivity contribution in [1.29, 1.82) is 0 Å². The first-order valence-corrected chi connectivity index (χ1v) is 6.73. The highest BCUT2D eigenvalue weighted by Gasteiger charge is 2.07. The number of hydrogen-bond donors (Lipinski definition) is 1. The molecule has 1 aromatic heterocycles. The lowest BCUT2D eigenvalue weighted by molar-refractivity contribution is -0.116. The fourth-order valence-corrected chi connectivity index (χ4v) is 1.78. The van der Waals surface area contributed by atoms with E-state index >= 15 is 0 Å². The summed E-state index contributed by atoms with van der Waals surface area (Å²) in [5.74, 6) is -0.469. The molecule has 0 aliphatic heterocycles. The molecular weight excluding hydrogens is 270 g/mol. The van der Waals surface area contributed by atoms with Crippen LogP contribution in [0.4, 0.5) is 5.69 Å². The largest absolute Gasteiger partial charge is 0.462 e. The second-order valence-electron chi connectivity index (χ2n) is 4.37. The molecule has 2 rings (SSSR count). The SMILES string of the molecule is CCOC(=O)c1ccc(NC(=O)CCn2cccn2)cc1. The number of carbonyl (C=O) groups is 2. The molecule has 0 radical (unpaired) electrons. The number of nitrogens with zero attached hydrogens (tertiary/aromatic N) is 2. The molecule has 0 aliphatic rings. The standard InChI is InChI=1S/C15H17N3O3/c1-2-21-15(20)12-4-6-13(7-5-12)17-14(19)8-11-18-10-3-9-16-18/h3-7,9-10H,2,8,11H2,1H3,(H,17,19). The minimum absolute atomic E-state index is 0.102. The van der Waals surface area contributed by atoms with Gasteiger partial charge in [-0.05, 0) is 37.3 Å². The fourth-order valence-electron chi connectivity index (χ4n) is 1.78. The number of ether oxygens (including phenoxy) is 1. The van der Waals surface area contributed by atoms with Gasteiger partial charge in [0.1, 0.15) is 0 Å². The summed E-state index contributed by atoms with van der Waals surface area (Å²) in [5, 5.41) is 6.80. The molecule has 6 nitrogen and oxygen atoms in total. The molecule has 1 amide bonds. The third-order valence-corrected chi connectivity index (χ3v) is 2.81. The molecule has 0 spiro atoms. The molecule has 21 heavy (non-hydrogen) atoms. The van der Waals surface area contributed by atoms with Crippen molar-refractivity contribution in [2.24, 2.45) is 0 Å². The van der Waals surface area contributed by atoms with Crippen LogP contribution in [0.5, 0.6) is 0 Å². The Bertz CT molecular complexity index is 591. The molecule has 0 fully saturated rings. The smallest absolute Gasteiger partial charge is 0.338 e. The van der Waals surface area contributed by atoms with E-state index in [-0.39, 0.29) is 11.9 Å². The summed E-state index contributed by atoms with van der Waals surface area (Å²) in [6.45, 7) is 2.62. The Balaban J connectivity index is 1.85. The quantitative estimate of drug-likeness (QED) is 0.826. The third kappa shape index (κ3) is 4.45. The second kappa shape index (κ2) is 7.23. The lowest BCUT2D eigenvalue weighted by atomic mass is 10.2. The molecule has 0 atom stereocenters. The zero-order valence-electron chi connectivity index (χ0n) is 11.8. The van der Waals surface area contributed by atoms with Crippen LogP contribution in [-0.4, -0.2) is 28.3 Å². The van der Waals surface area contributed by atoms with Gasteiger partial charge in [-0.3, -0.25) is 9.48 Å². The number of carbonyl (C=O) groups excluding carboxylic acids is 2. The van der Waals surface area contributed by atoms with Crippen molar-refractivity contribution in [3.8, 4) is 0 Å². The van der Waals surface area contributed by atoms with E-state index in [1.165, 1.54) is 0 Å². The normalized spacial score (nSPS) is 10.1. The Kier molecular flexibility index (Phi) is 5.09. The van der Waals surface area contributed by atoms with Crippen molar-refractivity contribution < 1.29 is 14.3 Å². The van der Waals surface area contributed by atoms with E-state index in [0.29, 0.717) is 30.8 Å². The Morgan fingerprint density at radius 2 is 2.05 bits per heavy atom. The number of rotatable bonds is 6. The molecule has 0 bridgehead atoms. The molecule has 110 valence electrons. The third-order valence-electron chi connectivity index (χ3n) is 2.81. The number of anilines is 1. The van der Waals surface area contributed by atoms with Crippen LogP contribution < -0.4 is 5.32 Å². The maximum absolute atomic E-state index is 11.8. The minimum Gasteiger partial charge on any atom is -0.462 e. The van der Waals surface area contributed by atoms with Crippen molar-refractivity contribution in [3.63, 3.8) is 0 Å². The van der Waals surface area contributed by atoms with Gasteiger partial charge in [0.15, 0.2) is 0 Å². The number of aryl methyl sites for hydroxylation is 1. The van der Waals surface area contributed by atoms with Crippen LogP contribution in [0.3, 0.4) is 0 Å². The first-order chi connectivity index (χ1) is 10.2. The molecular formula is C15H17N3O3. The molecule has 0 saturated heterocycles. The van der Waals surface area contributed by atoms with Gasteiger partial charge in [-0.15, -0.1) is 0 Å². The lowest BCUT2D eigenvalue weighted by Crippen LogP contribution is -2.14. The maximum atomic E-state index is 11.8. The van der Waals surface area contributed by atoms with Crippen molar-refractivity contribution in [2.75, 3.05) is 11.9 Å². The zero-order valence-corrected chi connectivity index (χ0v) is 11.8. The Labute approximate surface area is 122 Å². The Hall–Kier alpha value is -2.63. The highest BCUT2D eigenvalue weighted by molar-refractivity contribution is 5.93. The van der Waals surface area contributed by atoms with Gasteiger partial charge in [-0.1, -0.05) is 0 Å². The number of benzene rings is 1. The second-order valence-corrected chi connectivity index (χ2v) is 4.37. The van der Waals surface area contributed by atoms with Gasteiger partial charge in [0, 0.05) is 31.0 Å². The van der Waals surface area contributed by atoms with Crippen molar-refractivity contribution >= 4 is 17.6 Å². The lowest BCUT2D eigenvalue weighted by Gasteiger charge is -2.06. The molecule has 1 heterocycles. The van der Waals surface area contributed by atoms with Gasteiger partial charge in [0.05, 0.1) is 12.2 Å². The van der Waals surface area contributed by atoms with Crippen LogP contribution >= 0.6 is 0 Å². The highest BCUT2D eigenvalue weighted by atomic mass is 16.5. The summed E-state index contributed by atoms with van der Waals surface area (Å²) < 4.78 is 6.59. The van der Waals surface area contributed by atoms with E-state index in [4.69, 9.17) is 4.74 Å². The average Bonchev–Trinajstić information content (AvgIpc) is 2.99. The van der Waals surface area contributed by atoms with Crippen molar-refractivity contribution in [2.45, 2.75) is 19.9 Å². The van der Waals surface area contributed by atoms with E-state index < -0.39 is 0 Å². The van der Waals surface area contributed by atoms with Gasteiger partial charge < -0.3 is 10.1 Å². The molecule has 0 unspecified atom stereocenters.